The van der Waals surface area contributed by atoms with Crippen molar-refractivity contribution in [2.45, 2.75) is 33.2 Å². The van der Waals surface area contributed by atoms with Crippen molar-refractivity contribution in [3.8, 4) is 0 Å². The van der Waals surface area contributed by atoms with Crippen molar-refractivity contribution in [3.05, 3.63) is 24.2 Å². The van der Waals surface area contributed by atoms with Crippen LogP contribution in [0.4, 0.5) is 0 Å². The second-order valence-corrected chi connectivity index (χ2v) is 3.41. The fourth-order valence-electron chi connectivity index (χ4n) is 1.29. The second kappa shape index (κ2) is 3.64. The number of amides is 1. The summed E-state index contributed by atoms with van der Waals surface area (Å²) >= 11 is 0. The van der Waals surface area contributed by atoms with Crippen LogP contribution in [0.5, 0.6) is 0 Å². The minimum Gasteiger partial charge on any atom is -0.332 e. The fraction of sp³-hybridized carbons (Fsp3) is 0.500. The molecule has 1 amide bonds. The van der Waals surface area contributed by atoms with Crippen molar-refractivity contribution < 1.29 is 4.79 Å². The van der Waals surface area contributed by atoms with E-state index in [4.69, 9.17) is 0 Å². The van der Waals surface area contributed by atoms with Crippen LogP contribution in [0.3, 0.4) is 0 Å². The molecule has 0 atom stereocenters. The molecule has 0 radical (unpaired) electrons. The lowest BCUT2D eigenvalue weighted by atomic mass is 10.1. The highest BCUT2D eigenvalue weighted by molar-refractivity contribution is 5.95. The van der Waals surface area contributed by atoms with Crippen molar-refractivity contribution in [1.82, 2.24) is 10.2 Å². The van der Waals surface area contributed by atoms with E-state index in [9.17, 15) is 4.79 Å². The molecule has 0 aromatic heterocycles. The van der Waals surface area contributed by atoms with Gasteiger partial charge in [-0.1, -0.05) is 13.5 Å². The zero-order chi connectivity index (χ0) is 10.0. The minimum atomic E-state index is -0.0237. The molecular weight excluding hydrogens is 164 g/mol. The maximum Gasteiger partial charge on any atom is 0.254 e. The number of nitrogens with zero attached hydrogens (tertiary/aromatic N) is 1. The number of hydrogen-bond acceptors (Lipinski definition) is 2. The minimum absolute atomic E-state index is 0.0237. The maximum absolute atomic E-state index is 11.3. The summed E-state index contributed by atoms with van der Waals surface area (Å²) < 4.78 is 0. The normalized spacial score (nSPS) is 17.5. The molecule has 0 aromatic rings. The lowest BCUT2D eigenvalue weighted by Crippen LogP contribution is -2.40. The van der Waals surface area contributed by atoms with Gasteiger partial charge >= 0.3 is 0 Å². The van der Waals surface area contributed by atoms with Gasteiger partial charge in [0.1, 0.15) is 5.82 Å². The maximum atomic E-state index is 11.3. The van der Waals surface area contributed by atoms with E-state index in [-0.39, 0.29) is 5.91 Å². The lowest BCUT2D eigenvalue weighted by Gasteiger charge is -2.31. The van der Waals surface area contributed by atoms with E-state index in [1.165, 1.54) is 0 Å². The molecule has 0 bridgehead atoms. The van der Waals surface area contributed by atoms with Gasteiger partial charge in [0.25, 0.3) is 5.91 Å². The monoisotopic (exact) mass is 180 g/mol. The van der Waals surface area contributed by atoms with Gasteiger partial charge in [-0.05, 0) is 20.3 Å². The van der Waals surface area contributed by atoms with Crippen molar-refractivity contribution in [2.24, 2.45) is 0 Å². The van der Waals surface area contributed by atoms with Gasteiger partial charge in [0.15, 0.2) is 0 Å². The number of carbonyl (C=O) groups excluding carboxylic acids is 1. The molecule has 0 aliphatic carbocycles. The van der Waals surface area contributed by atoms with E-state index in [0.29, 0.717) is 11.9 Å². The molecule has 0 saturated heterocycles. The van der Waals surface area contributed by atoms with Crippen molar-refractivity contribution in [2.75, 3.05) is 0 Å². The molecule has 1 aliphatic heterocycles. The first-order valence-corrected chi connectivity index (χ1v) is 4.55. The zero-order valence-electron chi connectivity index (χ0n) is 8.42. The third-order valence-electron chi connectivity index (χ3n) is 2.09. The van der Waals surface area contributed by atoms with E-state index in [2.05, 4.69) is 25.7 Å². The van der Waals surface area contributed by atoms with Crippen LogP contribution in [0.1, 0.15) is 27.2 Å². The number of hydrogen-bond donors (Lipinski definition) is 1. The van der Waals surface area contributed by atoms with Crippen LogP contribution < -0.4 is 5.32 Å². The van der Waals surface area contributed by atoms with Crippen LogP contribution in [0.15, 0.2) is 24.2 Å². The fourth-order valence-corrected chi connectivity index (χ4v) is 1.29. The highest BCUT2D eigenvalue weighted by Crippen LogP contribution is 2.16. The molecule has 3 heteroatoms. The van der Waals surface area contributed by atoms with Crippen LogP contribution in [0.25, 0.3) is 0 Å². The summed E-state index contributed by atoms with van der Waals surface area (Å²) in [5, 5.41) is 2.74. The Hall–Kier alpha value is -1.25. The van der Waals surface area contributed by atoms with Gasteiger partial charge < -0.3 is 10.2 Å². The summed E-state index contributed by atoms with van der Waals surface area (Å²) in [5.74, 6) is 0.640. The Morgan fingerprint density at radius 3 is 2.69 bits per heavy atom. The number of rotatable bonds is 2. The summed E-state index contributed by atoms with van der Waals surface area (Å²) in [6, 6.07) is 0.328. The highest BCUT2D eigenvalue weighted by Gasteiger charge is 2.20. The van der Waals surface area contributed by atoms with Crippen LogP contribution in [-0.4, -0.2) is 16.8 Å². The van der Waals surface area contributed by atoms with Crippen molar-refractivity contribution in [1.29, 1.82) is 0 Å². The van der Waals surface area contributed by atoms with Gasteiger partial charge in [0, 0.05) is 17.8 Å². The summed E-state index contributed by atoms with van der Waals surface area (Å²) in [5.41, 5.74) is 0.807. The van der Waals surface area contributed by atoms with Gasteiger partial charge in [-0.2, -0.15) is 0 Å². The van der Waals surface area contributed by atoms with Gasteiger partial charge in [-0.25, -0.2) is 0 Å². The Balaban J connectivity index is 2.92. The smallest absolute Gasteiger partial charge is 0.254 e. The van der Waals surface area contributed by atoms with E-state index < -0.39 is 0 Å². The molecule has 1 heterocycles. The molecule has 0 unspecified atom stereocenters. The number of nitrogens with one attached hydrogen (secondary N) is 1. The molecule has 1 N–H and O–H groups in total. The molecule has 1 rings (SSSR count). The van der Waals surface area contributed by atoms with E-state index in [1.807, 2.05) is 18.0 Å². The Kier molecular flexibility index (Phi) is 2.76. The summed E-state index contributed by atoms with van der Waals surface area (Å²) in [6.45, 7) is 9.88. The topological polar surface area (TPSA) is 32.3 Å². The van der Waals surface area contributed by atoms with E-state index in [0.717, 1.165) is 12.0 Å². The predicted octanol–water partition coefficient (Wildman–Crippen LogP) is 1.59. The Bertz CT molecular complexity index is 266. The molecule has 72 valence electrons. The van der Waals surface area contributed by atoms with Crippen LogP contribution in [-0.2, 0) is 4.79 Å². The lowest BCUT2D eigenvalue weighted by molar-refractivity contribution is -0.117. The quantitative estimate of drug-likeness (QED) is 0.700. The first-order valence-electron chi connectivity index (χ1n) is 4.55. The van der Waals surface area contributed by atoms with Gasteiger partial charge in [-0.3, -0.25) is 4.79 Å². The van der Waals surface area contributed by atoms with Crippen molar-refractivity contribution in [3.63, 3.8) is 0 Å². The van der Waals surface area contributed by atoms with Crippen LogP contribution >= 0.6 is 0 Å². The molecule has 0 fully saturated rings. The van der Waals surface area contributed by atoms with Crippen LogP contribution in [0.2, 0.25) is 0 Å². The molecule has 0 spiro atoms. The Labute approximate surface area is 79.1 Å². The van der Waals surface area contributed by atoms with E-state index in [1.54, 1.807) is 0 Å². The largest absolute Gasteiger partial charge is 0.332 e. The zero-order valence-corrected chi connectivity index (χ0v) is 8.42. The summed E-state index contributed by atoms with van der Waals surface area (Å²) in [7, 11) is 0. The molecule has 0 aromatic carbocycles. The Morgan fingerprint density at radius 1 is 1.62 bits per heavy atom. The number of carbonyl (C=O) groups is 1. The van der Waals surface area contributed by atoms with E-state index >= 15 is 0 Å². The molecular formula is C10H16N2O. The second-order valence-electron chi connectivity index (χ2n) is 3.41. The Morgan fingerprint density at radius 2 is 2.23 bits per heavy atom. The van der Waals surface area contributed by atoms with Crippen molar-refractivity contribution >= 4 is 5.91 Å². The predicted molar refractivity (Wildman–Crippen MR) is 52.6 cm³/mol. The third kappa shape index (κ3) is 1.91. The summed E-state index contributed by atoms with van der Waals surface area (Å²) in [4.78, 5) is 13.3. The van der Waals surface area contributed by atoms with Gasteiger partial charge in [0.05, 0.1) is 0 Å². The van der Waals surface area contributed by atoms with Crippen LogP contribution in [0, 0.1) is 0 Å². The highest BCUT2D eigenvalue weighted by atomic mass is 16.2. The molecule has 3 nitrogen and oxygen atoms in total. The molecule has 1 aliphatic rings. The standard InChI is InChI=1S/C10H16N2O/c1-5-9-6-12(7(2)3)8(4)11-10(9)13/h6-7H,4-5H2,1-3H3,(H,11,13). The summed E-state index contributed by atoms with van der Waals surface area (Å²) in [6.07, 6.45) is 2.63. The van der Waals surface area contributed by atoms with Gasteiger partial charge in [0.2, 0.25) is 0 Å². The first-order chi connectivity index (χ1) is 6.06. The first kappa shape index (κ1) is 9.84. The SMILES string of the molecule is C=C1NC(=O)C(CC)=CN1C(C)C. The van der Waals surface area contributed by atoms with Gasteiger partial charge in [-0.15, -0.1) is 0 Å². The third-order valence-corrected chi connectivity index (χ3v) is 2.09. The molecule has 0 saturated carbocycles. The average molecular weight is 180 g/mol. The molecule has 13 heavy (non-hydrogen) atoms. The average Bonchev–Trinajstić information content (AvgIpc) is 2.03.